The van der Waals surface area contributed by atoms with Gasteiger partial charge in [-0.3, -0.25) is 4.98 Å². The van der Waals surface area contributed by atoms with Crippen molar-refractivity contribution in [2.75, 3.05) is 0 Å². The van der Waals surface area contributed by atoms with Gasteiger partial charge in [-0.15, -0.1) is 0 Å². The Bertz CT molecular complexity index is 588. The van der Waals surface area contributed by atoms with Gasteiger partial charge in [0, 0.05) is 18.0 Å². The fourth-order valence-electron chi connectivity index (χ4n) is 1.59. The van der Waals surface area contributed by atoms with E-state index in [-0.39, 0.29) is 0 Å². The van der Waals surface area contributed by atoms with Crippen molar-refractivity contribution in [3.8, 4) is 17.2 Å². The van der Waals surface area contributed by atoms with Gasteiger partial charge >= 0.3 is 0 Å². The van der Waals surface area contributed by atoms with E-state index >= 15 is 0 Å². The molecule has 0 bridgehead atoms. The summed E-state index contributed by atoms with van der Waals surface area (Å²) in [5, 5.41) is 9.78. The molecule has 2 nitrogen and oxygen atoms in total. The third-order valence-corrected chi connectivity index (χ3v) is 3.15. The van der Waals surface area contributed by atoms with Crippen LogP contribution >= 0.6 is 23.2 Å². The third kappa shape index (κ3) is 2.58. The van der Waals surface area contributed by atoms with Crippen molar-refractivity contribution in [1.82, 2.24) is 4.98 Å². The van der Waals surface area contributed by atoms with Crippen molar-refractivity contribution < 1.29 is 0 Å². The molecule has 0 aliphatic rings. The normalized spacial score (nSPS) is 9.94. The fraction of sp³-hybridized carbons (Fsp3) is 0.0769. The van der Waals surface area contributed by atoms with E-state index in [9.17, 15) is 0 Å². The number of hydrogen-bond acceptors (Lipinski definition) is 2. The van der Waals surface area contributed by atoms with Gasteiger partial charge in [-0.05, 0) is 29.3 Å². The van der Waals surface area contributed by atoms with Crippen LogP contribution in [0.4, 0.5) is 0 Å². The molecule has 0 radical (unpaired) electrons. The van der Waals surface area contributed by atoms with Gasteiger partial charge in [0.2, 0.25) is 0 Å². The van der Waals surface area contributed by atoms with Gasteiger partial charge in [0.15, 0.2) is 0 Å². The minimum absolute atomic E-state index is 0.345. The molecule has 0 saturated carbocycles. The van der Waals surface area contributed by atoms with Crippen LogP contribution in [-0.4, -0.2) is 4.98 Å². The van der Waals surface area contributed by atoms with Crippen LogP contribution in [0, 0.1) is 11.3 Å². The highest BCUT2D eigenvalue weighted by molar-refractivity contribution is 6.42. The summed E-state index contributed by atoms with van der Waals surface area (Å²) in [4.78, 5) is 4.07. The highest BCUT2D eigenvalue weighted by Gasteiger charge is 2.06. The molecule has 0 fully saturated rings. The summed E-state index contributed by atoms with van der Waals surface area (Å²) in [7, 11) is 0. The molecule has 0 spiro atoms. The first-order valence-electron chi connectivity index (χ1n) is 4.97. The average Bonchev–Trinajstić information content (AvgIpc) is 2.34. The van der Waals surface area contributed by atoms with Gasteiger partial charge < -0.3 is 0 Å². The summed E-state index contributed by atoms with van der Waals surface area (Å²) < 4.78 is 0. The lowest BCUT2D eigenvalue weighted by Gasteiger charge is -2.07. The van der Waals surface area contributed by atoms with E-state index in [0.29, 0.717) is 16.5 Å². The summed E-state index contributed by atoms with van der Waals surface area (Å²) in [5.74, 6) is 0. The summed E-state index contributed by atoms with van der Waals surface area (Å²) in [6, 6.07) is 9.35. The summed E-state index contributed by atoms with van der Waals surface area (Å²) >= 11 is 11.8. The van der Waals surface area contributed by atoms with E-state index in [1.54, 1.807) is 24.5 Å². The molecular weight excluding hydrogens is 255 g/mol. The Morgan fingerprint density at radius 3 is 2.71 bits per heavy atom. The Morgan fingerprint density at radius 1 is 1.18 bits per heavy atom. The molecule has 0 aliphatic carbocycles. The molecule has 0 unspecified atom stereocenters. The molecule has 17 heavy (non-hydrogen) atoms. The van der Waals surface area contributed by atoms with E-state index in [4.69, 9.17) is 28.5 Å². The zero-order valence-electron chi connectivity index (χ0n) is 8.82. The number of hydrogen-bond donors (Lipinski definition) is 0. The SMILES string of the molecule is N#CCc1ccncc1-c1ccc(Cl)c(Cl)c1. The standard InChI is InChI=1S/C13H8Cl2N2/c14-12-2-1-10(7-13(12)15)11-8-17-6-4-9(11)3-5-16/h1-2,4,6-8H,3H2. The Labute approximate surface area is 109 Å². The van der Waals surface area contributed by atoms with Gasteiger partial charge in [0.1, 0.15) is 0 Å². The third-order valence-electron chi connectivity index (χ3n) is 2.41. The van der Waals surface area contributed by atoms with Crippen LogP contribution in [0.2, 0.25) is 10.0 Å². The minimum Gasteiger partial charge on any atom is -0.264 e. The Balaban J connectivity index is 2.53. The lowest BCUT2D eigenvalue weighted by molar-refractivity contribution is 1.21. The Kier molecular flexibility index (Phi) is 3.63. The molecule has 0 atom stereocenters. The van der Waals surface area contributed by atoms with Crippen molar-refractivity contribution in [1.29, 1.82) is 5.26 Å². The van der Waals surface area contributed by atoms with Crippen molar-refractivity contribution in [2.45, 2.75) is 6.42 Å². The van der Waals surface area contributed by atoms with Gasteiger partial charge in [-0.2, -0.15) is 5.26 Å². The van der Waals surface area contributed by atoms with Crippen LogP contribution in [0.5, 0.6) is 0 Å². The van der Waals surface area contributed by atoms with E-state index in [2.05, 4.69) is 11.1 Å². The van der Waals surface area contributed by atoms with Gasteiger partial charge in [-0.1, -0.05) is 29.3 Å². The molecule has 0 amide bonds. The van der Waals surface area contributed by atoms with Gasteiger partial charge in [0.25, 0.3) is 0 Å². The molecule has 1 heterocycles. The van der Waals surface area contributed by atoms with Crippen LogP contribution in [0.3, 0.4) is 0 Å². The highest BCUT2D eigenvalue weighted by atomic mass is 35.5. The number of aromatic nitrogens is 1. The number of benzene rings is 1. The largest absolute Gasteiger partial charge is 0.264 e. The lowest BCUT2D eigenvalue weighted by atomic mass is 10.0. The quantitative estimate of drug-likeness (QED) is 0.817. The zero-order chi connectivity index (χ0) is 12.3. The first kappa shape index (κ1) is 11.9. The number of pyridine rings is 1. The molecule has 0 aliphatic heterocycles. The topological polar surface area (TPSA) is 36.7 Å². The molecule has 4 heteroatoms. The van der Waals surface area contributed by atoms with E-state index in [1.165, 1.54) is 0 Å². The second kappa shape index (κ2) is 5.18. The van der Waals surface area contributed by atoms with E-state index in [0.717, 1.165) is 16.7 Å². The molecule has 2 rings (SSSR count). The van der Waals surface area contributed by atoms with Crippen molar-refractivity contribution in [3.05, 3.63) is 52.3 Å². The van der Waals surface area contributed by atoms with Crippen LogP contribution in [0.15, 0.2) is 36.7 Å². The molecule has 1 aromatic carbocycles. The first-order chi connectivity index (χ1) is 8.22. The molecule has 1 aromatic heterocycles. The summed E-state index contributed by atoms with van der Waals surface area (Å²) in [6.45, 7) is 0. The van der Waals surface area contributed by atoms with Crippen LogP contribution in [0.25, 0.3) is 11.1 Å². The number of rotatable bonds is 2. The average molecular weight is 263 g/mol. The zero-order valence-corrected chi connectivity index (χ0v) is 10.3. The van der Waals surface area contributed by atoms with Crippen LogP contribution < -0.4 is 0 Å². The molecular formula is C13H8Cl2N2. The van der Waals surface area contributed by atoms with Gasteiger partial charge in [-0.25, -0.2) is 0 Å². The lowest BCUT2D eigenvalue weighted by Crippen LogP contribution is -1.89. The molecule has 2 aromatic rings. The maximum absolute atomic E-state index is 8.77. The van der Waals surface area contributed by atoms with Crippen molar-refractivity contribution >= 4 is 23.2 Å². The first-order valence-corrected chi connectivity index (χ1v) is 5.73. The highest BCUT2D eigenvalue weighted by Crippen LogP contribution is 2.30. The molecule has 84 valence electrons. The Morgan fingerprint density at radius 2 is 2.00 bits per heavy atom. The summed E-state index contributed by atoms with van der Waals surface area (Å²) in [6.07, 6.45) is 3.75. The predicted octanol–water partition coefficient (Wildman–Crippen LogP) is 4.12. The number of nitriles is 1. The Hall–Kier alpha value is -1.56. The fourth-order valence-corrected chi connectivity index (χ4v) is 1.88. The number of nitrogens with zero attached hydrogens (tertiary/aromatic N) is 2. The van der Waals surface area contributed by atoms with E-state index in [1.807, 2.05) is 12.1 Å². The second-order valence-corrected chi connectivity index (χ2v) is 4.31. The van der Waals surface area contributed by atoms with E-state index < -0.39 is 0 Å². The van der Waals surface area contributed by atoms with Gasteiger partial charge in [0.05, 0.1) is 22.5 Å². The minimum atomic E-state index is 0.345. The smallest absolute Gasteiger partial charge is 0.0669 e. The predicted molar refractivity (Wildman–Crippen MR) is 69.0 cm³/mol. The van der Waals surface area contributed by atoms with Crippen molar-refractivity contribution in [2.24, 2.45) is 0 Å². The van der Waals surface area contributed by atoms with Crippen LogP contribution in [-0.2, 0) is 6.42 Å². The van der Waals surface area contributed by atoms with Crippen molar-refractivity contribution in [3.63, 3.8) is 0 Å². The second-order valence-electron chi connectivity index (χ2n) is 3.50. The molecule has 0 N–H and O–H groups in total. The monoisotopic (exact) mass is 262 g/mol. The number of halogens is 2. The maximum atomic E-state index is 8.77. The van der Waals surface area contributed by atoms with Crippen LogP contribution in [0.1, 0.15) is 5.56 Å². The molecule has 0 saturated heterocycles. The summed E-state index contributed by atoms with van der Waals surface area (Å²) in [5.41, 5.74) is 2.76. The maximum Gasteiger partial charge on any atom is 0.0669 e.